The normalized spacial score (nSPS) is 14.1. The fourth-order valence-corrected chi connectivity index (χ4v) is 1.92. The van der Waals surface area contributed by atoms with Gasteiger partial charge in [0.2, 0.25) is 0 Å². The lowest BCUT2D eigenvalue weighted by molar-refractivity contribution is 0.265. The second-order valence-electron chi connectivity index (χ2n) is 5.57. The summed E-state index contributed by atoms with van der Waals surface area (Å²) in [6.45, 7) is 11.1. The van der Waals surface area contributed by atoms with Gasteiger partial charge in [0.1, 0.15) is 0 Å². The van der Waals surface area contributed by atoms with Gasteiger partial charge in [-0.15, -0.1) is 0 Å². The monoisotopic (exact) mass is 199 g/mol. The van der Waals surface area contributed by atoms with Gasteiger partial charge in [0, 0.05) is 19.6 Å². The van der Waals surface area contributed by atoms with Crippen LogP contribution in [-0.2, 0) is 0 Å². The van der Waals surface area contributed by atoms with Crippen molar-refractivity contribution in [1.29, 1.82) is 0 Å². The number of rotatable bonds is 2. The Morgan fingerprint density at radius 3 is 1.93 bits per heavy atom. The van der Waals surface area contributed by atoms with E-state index in [-0.39, 0.29) is 5.54 Å². The fourth-order valence-electron chi connectivity index (χ4n) is 1.92. The topological polar surface area (TPSA) is 36.4 Å². The standard InChI is InChI=1S/C11H25N3/c1-10(2,3)8-11(4,5)14-9(12-6)13-7/h8H2,1-7H3,(H2,12,13,14). The summed E-state index contributed by atoms with van der Waals surface area (Å²) in [5.74, 6) is 0.847. The summed E-state index contributed by atoms with van der Waals surface area (Å²) in [5.41, 5.74) is 0.388. The van der Waals surface area contributed by atoms with Gasteiger partial charge in [-0.05, 0) is 25.7 Å². The first kappa shape index (κ1) is 13.3. The van der Waals surface area contributed by atoms with Crippen LogP contribution in [0.5, 0.6) is 0 Å². The molecule has 0 aromatic heterocycles. The first-order valence-corrected chi connectivity index (χ1v) is 5.13. The van der Waals surface area contributed by atoms with Crippen LogP contribution in [0.25, 0.3) is 0 Å². The maximum atomic E-state index is 4.12. The molecule has 0 amide bonds. The molecule has 3 nitrogen and oxygen atoms in total. The van der Waals surface area contributed by atoms with E-state index < -0.39 is 0 Å². The van der Waals surface area contributed by atoms with Crippen molar-refractivity contribution in [3.8, 4) is 0 Å². The summed E-state index contributed by atoms with van der Waals surface area (Å²) >= 11 is 0. The molecule has 0 spiro atoms. The van der Waals surface area contributed by atoms with E-state index in [1.807, 2.05) is 7.05 Å². The molecule has 0 saturated heterocycles. The van der Waals surface area contributed by atoms with Crippen molar-refractivity contribution in [2.45, 2.75) is 46.6 Å². The van der Waals surface area contributed by atoms with Crippen molar-refractivity contribution in [3.63, 3.8) is 0 Å². The van der Waals surface area contributed by atoms with Crippen LogP contribution in [0.2, 0.25) is 0 Å². The highest BCUT2D eigenvalue weighted by atomic mass is 15.2. The molecule has 0 unspecified atom stereocenters. The Hall–Kier alpha value is -0.730. The van der Waals surface area contributed by atoms with Crippen LogP contribution in [0.15, 0.2) is 4.99 Å². The maximum Gasteiger partial charge on any atom is 0.191 e. The second kappa shape index (κ2) is 4.67. The Labute approximate surface area is 88.4 Å². The Balaban J connectivity index is 4.34. The molecule has 0 aliphatic rings. The van der Waals surface area contributed by atoms with Crippen LogP contribution in [0, 0.1) is 5.41 Å². The molecule has 0 aromatic carbocycles. The lowest BCUT2D eigenvalue weighted by Gasteiger charge is -2.34. The van der Waals surface area contributed by atoms with E-state index in [1.165, 1.54) is 0 Å². The Morgan fingerprint density at radius 2 is 1.64 bits per heavy atom. The zero-order valence-corrected chi connectivity index (χ0v) is 10.7. The van der Waals surface area contributed by atoms with Gasteiger partial charge < -0.3 is 10.6 Å². The molecule has 14 heavy (non-hydrogen) atoms. The quantitative estimate of drug-likeness (QED) is 0.527. The van der Waals surface area contributed by atoms with Gasteiger partial charge >= 0.3 is 0 Å². The van der Waals surface area contributed by atoms with E-state index >= 15 is 0 Å². The summed E-state index contributed by atoms with van der Waals surface area (Å²) in [6.07, 6.45) is 1.10. The number of nitrogens with zero attached hydrogens (tertiary/aromatic N) is 1. The number of nitrogens with one attached hydrogen (secondary N) is 2. The molecule has 0 atom stereocenters. The van der Waals surface area contributed by atoms with Crippen molar-refractivity contribution >= 4 is 5.96 Å². The SMILES string of the molecule is CN=C(NC)NC(C)(C)CC(C)(C)C. The van der Waals surface area contributed by atoms with E-state index in [1.54, 1.807) is 7.05 Å². The minimum atomic E-state index is 0.0656. The van der Waals surface area contributed by atoms with Crippen LogP contribution in [0.1, 0.15) is 41.0 Å². The number of hydrogen-bond acceptors (Lipinski definition) is 1. The van der Waals surface area contributed by atoms with Crippen LogP contribution in [0.3, 0.4) is 0 Å². The summed E-state index contributed by atoms with van der Waals surface area (Å²) in [7, 11) is 3.66. The molecular formula is C11H25N3. The molecular weight excluding hydrogens is 174 g/mol. The molecule has 0 aliphatic heterocycles. The molecule has 0 radical (unpaired) electrons. The Kier molecular flexibility index (Phi) is 4.43. The third-order valence-electron chi connectivity index (χ3n) is 1.89. The lowest BCUT2D eigenvalue weighted by Crippen LogP contribution is -2.50. The highest BCUT2D eigenvalue weighted by Gasteiger charge is 2.25. The van der Waals surface area contributed by atoms with Crippen LogP contribution < -0.4 is 10.6 Å². The van der Waals surface area contributed by atoms with Crippen LogP contribution in [0.4, 0.5) is 0 Å². The highest BCUT2D eigenvalue weighted by molar-refractivity contribution is 5.80. The summed E-state index contributed by atoms with van der Waals surface area (Å²) in [4.78, 5) is 4.12. The van der Waals surface area contributed by atoms with Gasteiger partial charge in [0.25, 0.3) is 0 Å². The smallest absolute Gasteiger partial charge is 0.191 e. The third kappa shape index (κ3) is 5.84. The molecule has 0 heterocycles. The van der Waals surface area contributed by atoms with Gasteiger partial charge in [-0.3, -0.25) is 4.99 Å². The summed E-state index contributed by atoms with van der Waals surface area (Å²) in [5, 5.41) is 6.42. The van der Waals surface area contributed by atoms with Crippen LogP contribution >= 0.6 is 0 Å². The average Bonchev–Trinajstić information content (AvgIpc) is 1.95. The van der Waals surface area contributed by atoms with Crippen molar-refractivity contribution in [2.75, 3.05) is 14.1 Å². The van der Waals surface area contributed by atoms with E-state index in [0.29, 0.717) is 5.41 Å². The molecule has 0 saturated carbocycles. The second-order valence-corrected chi connectivity index (χ2v) is 5.57. The predicted molar refractivity (Wildman–Crippen MR) is 63.7 cm³/mol. The number of aliphatic imine (C=N–C) groups is 1. The minimum absolute atomic E-state index is 0.0656. The van der Waals surface area contributed by atoms with Gasteiger partial charge in [-0.25, -0.2) is 0 Å². The maximum absolute atomic E-state index is 4.12. The molecule has 0 rings (SSSR count). The third-order valence-corrected chi connectivity index (χ3v) is 1.89. The number of hydrogen-bond donors (Lipinski definition) is 2. The van der Waals surface area contributed by atoms with Gasteiger partial charge in [0.05, 0.1) is 0 Å². The molecule has 84 valence electrons. The van der Waals surface area contributed by atoms with Gasteiger partial charge in [-0.1, -0.05) is 20.8 Å². The minimum Gasteiger partial charge on any atom is -0.359 e. The van der Waals surface area contributed by atoms with E-state index in [4.69, 9.17) is 0 Å². The van der Waals surface area contributed by atoms with E-state index in [9.17, 15) is 0 Å². The van der Waals surface area contributed by atoms with Crippen molar-refractivity contribution < 1.29 is 0 Å². The molecule has 0 aliphatic carbocycles. The van der Waals surface area contributed by atoms with Crippen molar-refractivity contribution in [1.82, 2.24) is 10.6 Å². The molecule has 0 bridgehead atoms. The fraction of sp³-hybridized carbons (Fsp3) is 0.909. The first-order chi connectivity index (χ1) is 6.20. The highest BCUT2D eigenvalue weighted by Crippen LogP contribution is 2.26. The summed E-state index contributed by atoms with van der Waals surface area (Å²) in [6, 6.07) is 0. The van der Waals surface area contributed by atoms with Crippen molar-refractivity contribution in [3.05, 3.63) is 0 Å². The summed E-state index contributed by atoms with van der Waals surface area (Å²) < 4.78 is 0. The largest absolute Gasteiger partial charge is 0.359 e. The molecule has 2 N–H and O–H groups in total. The molecule has 3 heteroatoms. The lowest BCUT2D eigenvalue weighted by atomic mass is 9.82. The molecule has 0 fully saturated rings. The van der Waals surface area contributed by atoms with Crippen LogP contribution in [-0.4, -0.2) is 25.6 Å². The zero-order chi connectivity index (χ0) is 11.4. The van der Waals surface area contributed by atoms with Crippen molar-refractivity contribution in [2.24, 2.45) is 10.4 Å². The Morgan fingerprint density at radius 1 is 1.14 bits per heavy atom. The molecule has 0 aromatic rings. The average molecular weight is 199 g/mol. The van der Waals surface area contributed by atoms with Gasteiger partial charge in [-0.2, -0.15) is 0 Å². The predicted octanol–water partition coefficient (Wildman–Crippen LogP) is 2.00. The zero-order valence-electron chi connectivity index (χ0n) is 10.7. The van der Waals surface area contributed by atoms with E-state index in [0.717, 1.165) is 12.4 Å². The van der Waals surface area contributed by atoms with E-state index in [2.05, 4.69) is 50.2 Å². The Bertz CT molecular complexity index is 199. The first-order valence-electron chi connectivity index (χ1n) is 5.13. The van der Waals surface area contributed by atoms with Gasteiger partial charge in [0.15, 0.2) is 5.96 Å². The number of guanidine groups is 1.